The second-order valence-corrected chi connectivity index (χ2v) is 6.75. The standard InChI is InChI=1S/C17H21NO/c1-9-4-3-5-13(10(9)2)18-17(19)16-14-11-6-7-12(8-11)15(14)16/h3-5,11-12,14-16H,6-8H2,1-2H3,(H,18,19). The minimum Gasteiger partial charge on any atom is -0.326 e. The molecule has 0 heterocycles. The molecule has 0 radical (unpaired) electrons. The summed E-state index contributed by atoms with van der Waals surface area (Å²) < 4.78 is 0. The molecule has 2 heteroatoms. The van der Waals surface area contributed by atoms with Gasteiger partial charge in [-0.1, -0.05) is 12.1 Å². The van der Waals surface area contributed by atoms with Crippen molar-refractivity contribution in [3.63, 3.8) is 0 Å². The van der Waals surface area contributed by atoms with Crippen molar-refractivity contribution in [2.45, 2.75) is 33.1 Å². The van der Waals surface area contributed by atoms with Crippen molar-refractivity contribution in [1.29, 1.82) is 0 Å². The smallest absolute Gasteiger partial charge is 0.228 e. The monoisotopic (exact) mass is 255 g/mol. The highest BCUT2D eigenvalue weighted by Gasteiger charge is 2.67. The summed E-state index contributed by atoms with van der Waals surface area (Å²) >= 11 is 0. The highest BCUT2D eigenvalue weighted by molar-refractivity contribution is 5.95. The van der Waals surface area contributed by atoms with Crippen LogP contribution in [0.1, 0.15) is 30.4 Å². The van der Waals surface area contributed by atoms with E-state index in [1.165, 1.54) is 30.4 Å². The maximum atomic E-state index is 12.5. The Balaban J connectivity index is 1.50. The zero-order chi connectivity index (χ0) is 13.1. The first-order valence-corrected chi connectivity index (χ1v) is 7.54. The van der Waals surface area contributed by atoms with E-state index < -0.39 is 0 Å². The molecule has 19 heavy (non-hydrogen) atoms. The van der Waals surface area contributed by atoms with Gasteiger partial charge in [0.05, 0.1) is 0 Å². The fourth-order valence-corrected chi connectivity index (χ4v) is 4.78. The topological polar surface area (TPSA) is 29.1 Å². The number of carbonyl (C=O) groups is 1. The van der Waals surface area contributed by atoms with Crippen molar-refractivity contribution in [2.75, 3.05) is 5.32 Å². The van der Waals surface area contributed by atoms with Gasteiger partial charge in [-0.2, -0.15) is 0 Å². The van der Waals surface area contributed by atoms with Gasteiger partial charge < -0.3 is 5.32 Å². The van der Waals surface area contributed by atoms with E-state index in [0.717, 1.165) is 29.4 Å². The molecule has 1 aromatic rings. The Morgan fingerprint density at radius 1 is 1.16 bits per heavy atom. The van der Waals surface area contributed by atoms with Gasteiger partial charge in [-0.3, -0.25) is 4.79 Å². The SMILES string of the molecule is Cc1cccc(NC(=O)C2C3C4CCC(C4)C23)c1C. The summed E-state index contributed by atoms with van der Waals surface area (Å²) in [6.07, 6.45) is 4.15. The van der Waals surface area contributed by atoms with Crippen molar-refractivity contribution < 1.29 is 4.79 Å². The molecule has 3 aliphatic rings. The normalized spacial score (nSPS) is 38.1. The van der Waals surface area contributed by atoms with Crippen LogP contribution in [-0.4, -0.2) is 5.91 Å². The van der Waals surface area contributed by atoms with Gasteiger partial charge >= 0.3 is 0 Å². The van der Waals surface area contributed by atoms with Gasteiger partial charge in [-0.15, -0.1) is 0 Å². The first-order chi connectivity index (χ1) is 9.16. The van der Waals surface area contributed by atoms with Crippen molar-refractivity contribution in [3.05, 3.63) is 29.3 Å². The van der Waals surface area contributed by atoms with Crippen LogP contribution in [0.25, 0.3) is 0 Å². The summed E-state index contributed by atoms with van der Waals surface area (Å²) in [5, 5.41) is 3.17. The van der Waals surface area contributed by atoms with Crippen LogP contribution in [0.2, 0.25) is 0 Å². The van der Waals surface area contributed by atoms with Crippen molar-refractivity contribution in [2.24, 2.45) is 29.6 Å². The number of fused-ring (bicyclic) bond motifs is 5. The molecule has 3 fully saturated rings. The molecule has 0 aromatic heterocycles. The van der Waals surface area contributed by atoms with E-state index in [1.807, 2.05) is 12.1 Å². The van der Waals surface area contributed by atoms with E-state index >= 15 is 0 Å². The molecule has 0 aliphatic heterocycles. The number of carbonyl (C=O) groups excluding carboxylic acids is 1. The lowest BCUT2D eigenvalue weighted by Gasteiger charge is -2.12. The molecule has 4 unspecified atom stereocenters. The lowest BCUT2D eigenvalue weighted by Crippen LogP contribution is -2.19. The van der Waals surface area contributed by atoms with Gasteiger partial charge in [0.15, 0.2) is 0 Å². The van der Waals surface area contributed by atoms with Crippen LogP contribution in [-0.2, 0) is 4.79 Å². The number of nitrogens with one attached hydrogen (secondary N) is 1. The number of anilines is 1. The summed E-state index contributed by atoms with van der Waals surface area (Å²) in [4.78, 5) is 12.5. The van der Waals surface area contributed by atoms with Crippen LogP contribution in [0.4, 0.5) is 5.69 Å². The number of benzene rings is 1. The van der Waals surface area contributed by atoms with E-state index in [4.69, 9.17) is 0 Å². The van der Waals surface area contributed by atoms with E-state index in [0.29, 0.717) is 5.92 Å². The number of amides is 1. The third kappa shape index (κ3) is 1.58. The first-order valence-electron chi connectivity index (χ1n) is 7.54. The Hall–Kier alpha value is -1.31. The van der Waals surface area contributed by atoms with E-state index in [1.54, 1.807) is 0 Å². The van der Waals surface area contributed by atoms with Crippen molar-refractivity contribution in [3.8, 4) is 0 Å². The lowest BCUT2D eigenvalue weighted by molar-refractivity contribution is -0.118. The maximum absolute atomic E-state index is 12.5. The van der Waals surface area contributed by atoms with E-state index in [9.17, 15) is 4.79 Å². The molecule has 2 bridgehead atoms. The summed E-state index contributed by atoms with van der Waals surface area (Å²) in [6.45, 7) is 4.18. The quantitative estimate of drug-likeness (QED) is 0.860. The maximum Gasteiger partial charge on any atom is 0.228 e. The molecule has 3 saturated carbocycles. The van der Waals surface area contributed by atoms with Crippen LogP contribution < -0.4 is 5.32 Å². The van der Waals surface area contributed by atoms with Crippen molar-refractivity contribution in [1.82, 2.24) is 0 Å². The Morgan fingerprint density at radius 2 is 1.84 bits per heavy atom. The lowest BCUT2D eigenvalue weighted by atomic mass is 10.0. The largest absolute Gasteiger partial charge is 0.326 e. The molecular weight excluding hydrogens is 234 g/mol. The highest BCUT2D eigenvalue weighted by atomic mass is 16.2. The average Bonchev–Trinajstić information content (AvgIpc) is 2.84. The predicted molar refractivity (Wildman–Crippen MR) is 75.8 cm³/mol. The Morgan fingerprint density at radius 3 is 2.53 bits per heavy atom. The molecule has 0 saturated heterocycles. The van der Waals surface area contributed by atoms with Gasteiger partial charge in [0.25, 0.3) is 0 Å². The molecule has 100 valence electrons. The third-order valence-corrected chi connectivity index (χ3v) is 5.90. The second-order valence-electron chi connectivity index (χ2n) is 6.75. The van der Waals surface area contributed by atoms with Crippen LogP contribution >= 0.6 is 0 Å². The Labute approximate surface area is 114 Å². The highest BCUT2D eigenvalue weighted by Crippen LogP contribution is 2.69. The number of aryl methyl sites for hydroxylation is 1. The zero-order valence-electron chi connectivity index (χ0n) is 11.6. The molecule has 3 aliphatic carbocycles. The Bertz CT molecular complexity index is 534. The van der Waals surface area contributed by atoms with Crippen molar-refractivity contribution >= 4 is 11.6 Å². The van der Waals surface area contributed by atoms with Gasteiger partial charge in [0.1, 0.15) is 0 Å². The summed E-state index contributed by atoms with van der Waals surface area (Å²) in [7, 11) is 0. The minimum atomic E-state index is 0.278. The van der Waals surface area contributed by atoms with Crippen LogP contribution in [0, 0.1) is 43.4 Å². The molecule has 1 aromatic carbocycles. The summed E-state index contributed by atoms with van der Waals surface area (Å²) in [6, 6.07) is 6.14. The predicted octanol–water partition coefficient (Wildman–Crippen LogP) is 3.53. The molecule has 4 atom stereocenters. The van der Waals surface area contributed by atoms with Gasteiger partial charge in [-0.05, 0) is 74.0 Å². The van der Waals surface area contributed by atoms with E-state index in [2.05, 4.69) is 25.2 Å². The summed E-state index contributed by atoms with van der Waals surface area (Å²) in [5.74, 6) is 3.79. The average molecular weight is 255 g/mol. The zero-order valence-corrected chi connectivity index (χ0v) is 11.6. The van der Waals surface area contributed by atoms with Crippen LogP contribution in [0.5, 0.6) is 0 Å². The number of rotatable bonds is 2. The van der Waals surface area contributed by atoms with Crippen LogP contribution in [0.3, 0.4) is 0 Å². The fraction of sp³-hybridized carbons (Fsp3) is 0.588. The molecule has 1 N–H and O–H groups in total. The molecule has 0 spiro atoms. The minimum absolute atomic E-state index is 0.278. The Kier molecular flexibility index (Phi) is 2.33. The first kappa shape index (κ1) is 11.5. The van der Waals surface area contributed by atoms with Gasteiger partial charge in [-0.25, -0.2) is 0 Å². The van der Waals surface area contributed by atoms with Crippen LogP contribution in [0.15, 0.2) is 18.2 Å². The number of hydrogen-bond donors (Lipinski definition) is 1. The number of hydrogen-bond acceptors (Lipinski definition) is 1. The fourth-order valence-electron chi connectivity index (χ4n) is 4.78. The second kappa shape index (κ2) is 3.84. The van der Waals surface area contributed by atoms with Gasteiger partial charge in [0.2, 0.25) is 5.91 Å². The van der Waals surface area contributed by atoms with E-state index in [-0.39, 0.29) is 5.91 Å². The molecule has 1 amide bonds. The molecule has 4 rings (SSSR count). The summed E-state index contributed by atoms with van der Waals surface area (Å²) in [5.41, 5.74) is 3.45. The van der Waals surface area contributed by atoms with Gasteiger partial charge in [0, 0.05) is 11.6 Å². The molecule has 2 nitrogen and oxygen atoms in total. The molecular formula is C17H21NO. The third-order valence-electron chi connectivity index (χ3n) is 5.90.